The number of halogens is 3. The zero-order valence-electron chi connectivity index (χ0n) is 10.9. The lowest BCUT2D eigenvalue weighted by Gasteiger charge is -2.27. The molecule has 1 aliphatic rings. The molecule has 108 valence electrons. The molecule has 0 saturated heterocycles. The van der Waals surface area contributed by atoms with Crippen molar-refractivity contribution in [1.82, 2.24) is 0 Å². The molecule has 1 unspecified atom stereocenters. The molecule has 2 aromatic rings. The number of benzene rings is 2. The maximum atomic E-state index is 6.13. The smallest absolute Gasteiger partial charge is 0.196 e. The first-order chi connectivity index (χ1) is 10.1. The summed E-state index contributed by atoms with van der Waals surface area (Å²) in [5, 5.41) is 1.08. The minimum Gasteiger partial charge on any atom is -0.369 e. The van der Waals surface area contributed by atoms with E-state index in [1.165, 1.54) is 0 Å². The Morgan fingerprint density at radius 1 is 1.14 bits per heavy atom. The molecule has 1 heterocycles. The summed E-state index contributed by atoms with van der Waals surface area (Å²) in [7, 11) is 0. The van der Waals surface area contributed by atoms with Gasteiger partial charge in [-0.25, -0.2) is 0 Å². The first-order valence-corrected chi connectivity index (χ1v) is 7.91. The van der Waals surface area contributed by atoms with Crippen LogP contribution in [0.4, 0.5) is 5.69 Å². The molecule has 2 aromatic carbocycles. The Hall–Kier alpha value is -1.23. The standard InChI is InChI=1S/C15H12BrCl2N3/c16-10-3-1-2-4-13(10)21-14(8-20-15(21)19)9-5-6-11(17)12(18)7-9/h1-7,14H,8H2,(H2,19,20). The highest BCUT2D eigenvalue weighted by Crippen LogP contribution is 2.37. The molecule has 0 fully saturated rings. The number of rotatable bonds is 2. The van der Waals surface area contributed by atoms with Crippen molar-refractivity contribution in [3.63, 3.8) is 0 Å². The van der Waals surface area contributed by atoms with Gasteiger partial charge in [-0.15, -0.1) is 0 Å². The van der Waals surface area contributed by atoms with E-state index >= 15 is 0 Å². The van der Waals surface area contributed by atoms with E-state index in [2.05, 4.69) is 20.9 Å². The quantitative estimate of drug-likeness (QED) is 0.819. The normalized spacial score (nSPS) is 18.0. The van der Waals surface area contributed by atoms with Gasteiger partial charge in [-0.2, -0.15) is 0 Å². The number of para-hydroxylation sites is 1. The summed E-state index contributed by atoms with van der Waals surface area (Å²) in [6.07, 6.45) is 0. The SMILES string of the molecule is NC1=NCC(c2ccc(Cl)c(Cl)c2)N1c1ccccc1Br. The molecular weight excluding hydrogens is 373 g/mol. The molecule has 2 N–H and O–H groups in total. The molecule has 3 nitrogen and oxygen atoms in total. The van der Waals surface area contributed by atoms with E-state index in [1.54, 1.807) is 6.07 Å². The first kappa shape index (κ1) is 14.7. The van der Waals surface area contributed by atoms with Crippen molar-refractivity contribution in [1.29, 1.82) is 0 Å². The van der Waals surface area contributed by atoms with Crippen molar-refractivity contribution in [2.75, 3.05) is 11.4 Å². The minimum absolute atomic E-state index is 0.0125. The zero-order valence-corrected chi connectivity index (χ0v) is 14.0. The number of guanidine groups is 1. The van der Waals surface area contributed by atoms with Crippen LogP contribution in [0.15, 0.2) is 51.9 Å². The largest absolute Gasteiger partial charge is 0.369 e. The summed E-state index contributed by atoms with van der Waals surface area (Å²) >= 11 is 15.7. The number of nitrogens with two attached hydrogens (primary N) is 1. The van der Waals surface area contributed by atoms with Crippen LogP contribution in [-0.4, -0.2) is 12.5 Å². The Labute approximate surface area is 141 Å². The molecule has 3 rings (SSSR count). The molecule has 0 radical (unpaired) electrons. The second-order valence-electron chi connectivity index (χ2n) is 4.71. The topological polar surface area (TPSA) is 41.6 Å². The molecule has 0 amide bonds. The number of nitrogens with zero attached hydrogens (tertiary/aromatic N) is 2. The summed E-state index contributed by atoms with van der Waals surface area (Å²) in [4.78, 5) is 6.37. The Balaban J connectivity index is 2.03. The van der Waals surface area contributed by atoms with Gasteiger partial charge in [0.15, 0.2) is 5.96 Å². The van der Waals surface area contributed by atoms with Crippen molar-refractivity contribution in [3.05, 3.63) is 62.5 Å². The van der Waals surface area contributed by atoms with Crippen LogP contribution >= 0.6 is 39.1 Å². The third-order valence-electron chi connectivity index (χ3n) is 3.43. The lowest BCUT2D eigenvalue weighted by molar-refractivity contribution is 0.768. The molecule has 21 heavy (non-hydrogen) atoms. The van der Waals surface area contributed by atoms with Crippen LogP contribution in [0.5, 0.6) is 0 Å². The Morgan fingerprint density at radius 3 is 2.62 bits per heavy atom. The monoisotopic (exact) mass is 383 g/mol. The van der Waals surface area contributed by atoms with Gasteiger partial charge in [-0.3, -0.25) is 4.99 Å². The van der Waals surface area contributed by atoms with Crippen LogP contribution in [0, 0.1) is 0 Å². The van der Waals surface area contributed by atoms with E-state index in [-0.39, 0.29) is 6.04 Å². The zero-order chi connectivity index (χ0) is 15.0. The highest BCUT2D eigenvalue weighted by molar-refractivity contribution is 9.10. The fourth-order valence-corrected chi connectivity index (χ4v) is 3.19. The molecular formula is C15H12BrCl2N3. The summed E-state index contributed by atoms with van der Waals surface area (Å²) in [5.41, 5.74) is 8.08. The van der Waals surface area contributed by atoms with Gasteiger partial charge in [0.2, 0.25) is 0 Å². The third kappa shape index (κ3) is 2.76. The third-order valence-corrected chi connectivity index (χ3v) is 4.83. The minimum atomic E-state index is 0.0125. The van der Waals surface area contributed by atoms with E-state index in [0.717, 1.165) is 15.7 Å². The first-order valence-electron chi connectivity index (χ1n) is 6.36. The molecule has 0 spiro atoms. The number of hydrogen-bond acceptors (Lipinski definition) is 3. The maximum absolute atomic E-state index is 6.13. The summed E-state index contributed by atoms with van der Waals surface area (Å²) < 4.78 is 0.968. The van der Waals surface area contributed by atoms with E-state index in [1.807, 2.05) is 41.3 Å². The van der Waals surface area contributed by atoms with Crippen LogP contribution in [0.3, 0.4) is 0 Å². The van der Waals surface area contributed by atoms with Gasteiger partial charge in [0.05, 0.1) is 28.3 Å². The van der Waals surface area contributed by atoms with Gasteiger partial charge in [0.25, 0.3) is 0 Å². The van der Waals surface area contributed by atoms with Crippen molar-refractivity contribution in [2.24, 2.45) is 10.7 Å². The number of anilines is 1. The summed E-state index contributed by atoms with van der Waals surface area (Å²) in [6, 6.07) is 13.5. The second kappa shape index (κ2) is 5.87. The average Bonchev–Trinajstić information content (AvgIpc) is 2.84. The van der Waals surface area contributed by atoms with Gasteiger partial charge in [-0.1, -0.05) is 41.4 Å². The van der Waals surface area contributed by atoms with Crippen LogP contribution < -0.4 is 10.6 Å². The van der Waals surface area contributed by atoms with Crippen molar-refractivity contribution < 1.29 is 0 Å². The summed E-state index contributed by atoms with van der Waals surface area (Å²) in [6.45, 7) is 0.588. The van der Waals surface area contributed by atoms with Crippen molar-refractivity contribution in [2.45, 2.75) is 6.04 Å². The molecule has 1 aliphatic heterocycles. The lowest BCUT2D eigenvalue weighted by atomic mass is 10.1. The van der Waals surface area contributed by atoms with Crippen LogP contribution in [0.25, 0.3) is 0 Å². The van der Waals surface area contributed by atoms with Gasteiger partial charge < -0.3 is 10.6 Å². The van der Waals surface area contributed by atoms with E-state index in [4.69, 9.17) is 28.9 Å². The maximum Gasteiger partial charge on any atom is 0.196 e. The van der Waals surface area contributed by atoms with E-state index in [9.17, 15) is 0 Å². The number of hydrogen-bond donors (Lipinski definition) is 1. The molecule has 0 aliphatic carbocycles. The highest BCUT2D eigenvalue weighted by Gasteiger charge is 2.30. The fraction of sp³-hybridized carbons (Fsp3) is 0.133. The molecule has 0 aromatic heterocycles. The molecule has 1 atom stereocenters. The van der Waals surface area contributed by atoms with E-state index in [0.29, 0.717) is 22.5 Å². The van der Waals surface area contributed by atoms with Crippen LogP contribution in [0.2, 0.25) is 10.0 Å². The average molecular weight is 385 g/mol. The predicted molar refractivity (Wildman–Crippen MR) is 92.3 cm³/mol. The van der Waals surface area contributed by atoms with Gasteiger partial charge >= 0.3 is 0 Å². The molecule has 0 saturated carbocycles. The summed E-state index contributed by atoms with van der Waals surface area (Å²) in [5.74, 6) is 0.498. The predicted octanol–water partition coefficient (Wildman–Crippen LogP) is 4.63. The van der Waals surface area contributed by atoms with E-state index < -0.39 is 0 Å². The highest BCUT2D eigenvalue weighted by atomic mass is 79.9. The lowest BCUT2D eigenvalue weighted by Crippen LogP contribution is -2.36. The van der Waals surface area contributed by atoms with Crippen LogP contribution in [0.1, 0.15) is 11.6 Å². The molecule has 0 bridgehead atoms. The molecule has 6 heteroatoms. The second-order valence-corrected chi connectivity index (χ2v) is 6.38. The van der Waals surface area contributed by atoms with Gasteiger partial charge in [0, 0.05) is 4.47 Å². The Morgan fingerprint density at radius 2 is 1.90 bits per heavy atom. The Kier molecular flexibility index (Phi) is 4.11. The van der Waals surface area contributed by atoms with Crippen LogP contribution in [-0.2, 0) is 0 Å². The van der Waals surface area contributed by atoms with Gasteiger partial charge in [0.1, 0.15) is 0 Å². The van der Waals surface area contributed by atoms with Gasteiger partial charge in [-0.05, 0) is 45.8 Å². The van der Waals surface area contributed by atoms with Crippen molar-refractivity contribution >= 4 is 50.8 Å². The Bertz CT molecular complexity index is 718. The fourth-order valence-electron chi connectivity index (χ4n) is 2.41. The van der Waals surface area contributed by atoms with Crippen molar-refractivity contribution in [3.8, 4) is 0 Å². The number of aliphatic imine (C=N–C) groups is 1.